The van der Waals surface area contributed by atoms with E-state index in [1.807, 2.05) is 38.1 Å². The highest BCUT2D eigenvalue weighted by molar-refractivity contribution is 5.95. The van der Waals surface area contributed by atoms with E-state index >= 15 is 0 Å². The van der Waals surface area contributed by atoms with Crippen molar-refractivity contribution in [3.05, 3.63) is 64.7 Å². The minimum atomic E-state index is -0.167. The summed E-state index contributed by atoms with van der Waals surface area (Å²) in [6.07, 6.45) is 0.743. The van der Waals surface area contributed by atoms with Crippen molar-refractivity contribution in [2.75, 3.05) is 5.32 Å². The van der Waals surface area contributed by atoms with Crippen molar-refractivity contribution in [2.45, 2.75) is 32.9 Å². The number of fused-ring (bicyclic) bond motifs is 1. The summed E-state index contributed by atoms with van der Waals surface area (Å²) in [4.78, 5) is 12.5. The maximum atomic E-state index is 12.5. The molecule has 0 aliphatic carbocycles. The Bertz CT molecular complexity index is 679. The lowest BCUT2D eigenvalue weighted by Crippen LogP contribution is -2.44. The molecule has 0 radical (unpaired) electrons. The summed E-state index contributed by atoms with van der Waals surface area (Å²) in [7, 11) is 0. The van der Waals surface area contributed by atoms with Gasteiger partial charge in [0.15, 0.2) is 0 Å². The minimum absolute atomic E-state index is 0.0400. The van der Waals surface area contributed by atoms with E-state index in [2.05, 4.69) is 28.8 Å². The first-order valence-electron chi connectivity index (χ1n) is 7.32. The van der Waals surface area contributed by atoms with E-state index in [-0.39, 0.29) is 11.9 Å². The van der Waals surface area contributed by atoms with Gasteiger partial charge in [-0.2, -0.15) is 0 Å². The molecule has 108 valence electrons. The molecule has 2 N–H and O–H groups in total. The third kappa shape index (κ3) is 2.98. The van der Waals surface area contributed by atoms with Crippen LogP contribution >= 0.6 is 0 Å². The zero-order valence-electron chi connectivity index (χ0n) is 12.4. The summed E-state index contributed by atoms with van der Waals surface area (Å²) in [6.45, 7) is 4.80. The standard InChI is InChI=1S/C18H20N2O/c1-12-7-8-13(2)16(9-12)20-18(21)17-10-14-5-3-4-6-15(14)11-19-17/h3-9,17,19H,10-11H2,1-2H3,(H,20,21). The average Bonchev–Trinajstić information content (AvgIpc) is 2.50. The Labute approximate surface area is 125 Å². The quantitative estimate of drug-likeness (QED) is 0.888. The van der Waals surface area contributed by atoms with Crippen LogP contribution in [0.15, 0.2) is 42.5 Å². The van der Waals surface area contributed by atoms with Crippen molar-refractivity contribution in [1.82, 2.24) is 5.32 Å². The van der Waals surface area contributed by atoms with Crippen LogP contribution in [-0.4, -0.2) is 11.9 Å². The fourth-order valence-corrected chi connectivity index (χ4v) is 2.73. The first-order chi connectivity index (χ1) is 10.1. The molecule has 0 saturated heterocycles. The largest absolute Gasteiger partial charge is 0.324 e. The molecule has 3 rings (SSSR count). The molecule has 0 saturated carbocycles. The molecule has 3 heteroatoms. The molecule has 2 aromatic rings. The summed E-state index contributed by atoms with van der Waals surface area (Å²) >= 11 is 0. The summed E-state index contributed by atoms with van der Waals surface area (Å²) in [5.74, 6) is 0.0400. The third-order valence-corrected chi connectivity index (χ3v) is 4.05. The zero-order chi connectivity index (χ0) is 14.8. The number of carbonyl (C=O) groups is 1. The van der Waals surface area contributed by atoms with Crippen LogP contribution in [0.1, 0.15) is 22.3 Å². The normalized spacial score (nSPS) is 17.1. The minimum Gasteiger partial charge on any atom is -0.324 e. The van der Waals surface area contributed by atoms with Crippen LogP contribution in [0, 0.1) is 13.8 Å². The molecule has 0 bridgehead atoms. The van der Waals surface area contributed by atoms with Crippen molar-refractivity contribution < 1.29 is 4.79 Å². The Hall–Kier alpha value is -2.13. The molecular formula is C18H20N2O. The second kappa shape index (κ2) is 5.70. The van der Waals surface area contributed by atoms with Gasteiger partial charge in [-0.25, -0.2) is 0 Å². The number of rotatable bonds is 2. The van der Waals surface area contributed by atoms with Crippen LogP contribution in [0.2, 0.25) is 0 Å². The topological polar surface area (TPSA) is 41.1 Å². The number of anilines is 1. The van der Waals surface area contributed by atoms with Gasteiger partial charge in [0.2, 0.25) is 5.91 Å². The molecule has 1 aliphatic heterocycles. The maximum absolute atomic E-state index is 12.5. The molecule has 0 aromatic heterocycles. The van der Waals surface area contributed by atoms with E-state index in [4.69, 9.17) is 0 Å². The molecule has 1 unspecified atom stereocenters. The highest BCUT2D eigenvalue weighted by Gasteiger charge is 2.24. The molecule has 3 nitrogen and oxygen atoms in total. The van der Waals surface area contributed by atoms with Crippen LogP contribution in [0.5, 0.6) is 0 Å². The number of amides is 1. The summed E-state index contributed by atoms with van der Waals surface area (Å²) in [6, 6.07) is 14.2. The highest BCUT2D eigenvalue weighted by atomic mass is 16.2. The lowest BCUT2D eigenvalue weighted by molar-refractivity contribution is -0.118. The first-order valence-corrected chi connectivity index (χ1v) is 7.32. The maximum Gasteiger partial charge on any atom is 0.241 e. The van der Waals surface area contributed by atoms with Crippen molar-refractivity contribution in [3.63, 3.8) is 0 Å². The second-order valence-corrected chi connectivity index (χ2v) is 5.71. The van der Waals surface area contributed by atoms with Crippen LogP contribution in [-0.2, 0) is 17.8 Å². The lowest BCUT2D eigenvalue weighted by atomic mass is 9.95. The van der Waals surface area contributed by atoms with Gasteiger partial charge in [-0.05, 0) is 48.6 Å². The summed E-state index contributed by atoms with van der Waals surface area (Å²) in [5.41, 5.74) is 5.69. The van der Waals surface area contributed by atoms with E-state index < -0.39 is 0 Å². The van der Waals surface area contributed by atoms with Gasteiger partial charge >= 0.3 is 0 Å². The molecule has 1 heterocycles. The molecule has 2 aromatic carbocycles. The van der Waals surface area contributed by atoms with Crippen LogP contribution in [0.3, 0.4) is 0 Å². The van der Waals surface area contributed by atoms with Gasteiger partial charge in [0.25, 0.3) is 0 Å². The van der Waals surface area contributed by atoms with E-state index in [1.54, 1.807) is 0 Å². The SMILES string of the molecule is Cc1ccc(C)c(NC(=O)C2Cc3ccccc3CN2)c1. The number of benzene rings is 2. The van der Waals surface area contributed by atoms with Crippen molar-refractivity contribution >= 4 is 11.6 Å². The fourth-order valence-electron chi connectivity index (χ4n) is 2.73. The smallest absolute Gasteiger partial charge is 0.241 e. The van der Waals surface area contributed by atoms with Gasteiger partial charge in [0.05, 0.1) is 6.04 Å². The summed E-state index contributed by atoms with van der Waals surface area (Å²) in [5, 5.41) is 6.37. The Balaban J connectivity index is 1.74. The third-order valence-electron chi connectivity index (χ3n) is 4.05. The predicted octanol–water partition coefficient (Wildman–Crippen LogP) is 2.96. The highest BCUT2D eigenvalue weighted by Crippen LogP contribution is 2.19. The number of aryl methyl sites for hydroxylation is 2. The molecule has 21 heavy (non-hydrogen) atoms. The average molecular weight is 280 g/mol. The van der Waals surface area contributed by atoms with Crippen LogP contribution < -0.4 is 10.6 Å². The summed E-state index contributed by atoms with van der Waals surface area (Å²) < 4.78 is 0. The van der Waals surface area contributed by atoms with Gasteiger partial charge in [-0.3, -0.25) is 4.79 Å². The van der Waals surface area contributed by atoms with Gasteiger partial charge in [0, 0.05) is 12.2 Å². The molecular weight excluding hydrogens is 260 g/mol. The van der Waals surface area contributed by atoms with Crippen molar-refractivity contribution in [3.8, 4) is 0 Å². The van der Waals surface area contributed by atoms with E-state index in [0.29, 0.717) is 0 Å². The Morgan fingerprint density at radius 3 is 2.71 bits per heavy atom. The predicted molar refractivity (Wildman–Crippen MR) is 85.3 cm³/mol. The van der Waals surface area contributed by atoms with Crippen molar-refractivity contribution in [2.24, 2.45) is 0 Å². The Morgan fingerprint density at radius 1 is 1.14 bits per heavy atom. The lowest BCUT2D eigenvalue weighted by Gasteiger charge is -2.25. The zero-order valence-corrected chi connectivity index (χ0v) is 12.4. The second-order valence-electron chi connectivity index (χ2n) is 5.71. The number of nitrogens with one attached hydrogen (secondary N) is 2. The van der Waals surface area contributed by atoms with Crippen LogP contribution in [0.25, 0.3) is 0 Å². The molecule has 1 atom stereocenters. The molecule has 0 fully saturated rings. The van der Waals surface area contributed by atoms with Gasteiger partial charge in [-0.1, -0.05) is 36.4 Å². The Kier molecular flexibility index (Phi) is 3.76. The van der Waals surface area contributed by atoms with E-state index in [9.17, 15) is 4.79 Å². The van der Waals surface area contributed by atoms with Gasteiger partial charge in [0.1, 0.15) is 0 Å². The monoisotopic (exact) mass is 280 g/mol. The van der Waals surface area contributed by atoms with Crippen molar-refractivity contribution in [1.29, 1.82) is 0 Å². The number of hydrogen-bond donors (Lipinski definition) is 2. The van der Waals surface area contributed by atoms with E-state index in [1.165, 1.54) is 11.1 Å². The molecule has 1 amide bonds. The first kappa shape index (κ1) is 13.8. The van der Waals surface area contributed by atoms with Gasteiger partial charge < -0.3 is 10.6 Å². The van der Waals surface area contributed by atoms with Crippen LogP contribution in [0.4, 0.5) is 5.69 Å². The number of carbonyl (C=O) groups excluding carboxylic acids is 1. The Morgan fingerprint density at radius 2 is 1.90 bits per heavy atom. The number of hydrogen-bond acceptors (Lipinski definition) is 2. The molecule has 0 spiro atoms. The fraction of sp³-hybridized carbons (Fsp3) is 0.278. The van der Waals surface area contributed by atoms with Gasteiger partial charge in [-0.15, -0.1) is 0 Å². The van der Waals surface area contributed by atoms with E-state index in [0.717, 1.165) is 29.8 Å². The molecule has 1 aliphatic rings.